The van der Waals surface area contributed by atoms with E-state index in [2.05, 4.69) is 25.2 Å². The molecule has 120 valence electrons. The lowest BCUT2D eigenvalue weighted by atomic mass is 10.2. The lowest BCUT2D eigenvalue weighted by Gasteiger charge is -2.22. The van der Waals surface area contributed by atoms with Gasteiger partial charge >= 0.3 is 0 Å². The van der Waals surface area contributed by atoms with E-state index in [-0.39, 0.29) is 6.04 Å². The minimum Gasteiger partial charge on any atom is -0.468 e. The molecule has 0 aromatic carbocycles. The second kappa shape index (κ2) is 7.45. The summed E-state index contributed by atoms with van der Waals surface area (Å²) in [5.74, 6) is 1.63. The SMILES string of the molecule is CN(C)[C@H](CNCc1csc(-c2ncccn2)n1)c1ccco1. The zero-order valence-electron chi connectivity index (χ0n) is 13.1. The fourth-order valence-corrected chi connectivity index (χ4v) is 3.02. The van der Waals surface area contributed by atoms with E-state index >= 15 is 0 Å². The number of nitrogens with zero attached hydrogens (tertiary/aromatic N) is 4. The number of furan rings is 1. The van der Waals surface area contributed by atoms with Crippen molar-refractivity contribution in [3.8, 4) is 10.8 Å². The Morgan fingerprint density at radius 3 is 2.78 bits per heavy atom. The Bertz CT molecular complexity index is 711. The van der Waals surface area contributed by atoms with Crippen LogP contribution < -0.4 is 5.32 Å². The molecule has 23 heavy (non-hydrogen) atoms. The largest absolute Gasteiger partial charge is 0.468 e. The van der Waals surface area contributed by atoms with Crippen molar-refractivity contribution in [2.45, 2.75) is 12.6 Å². The van der Waals surface area contributed by atoms with Crippen molar-refractivity contribution < 1.29 is 4.42 Å². The Labute approximate surface area is 139 Å². The van der Waals surface area contributed by atoms with Gasteiger partial charge in [-0.15, -0.1) is 11.3 Å². The predicted molar refractivity (Wildman–Crippen MR) is 90.0 cm³/mol. The minimum absolute atomic E-state index is 0.195. The molecule has 0 radical (unpaired) electrons. The number of hydrogen-bond acceptors (Lipinski definition) is 7. The first-order valence-electron chi connectivity index (χ1n) is 7.36. The van der Waals surface area contributed by atoms with E-state index in [1.165, 1.54) is 0 Å². The molecule has 7 heteroatoms. The quantitative estimate of drug-likeness (QED) is 0.719. The van der Waals surface area contributed by atoms with Gasteiger partial charge in [-0.3, -0.25) is 4.90 Å². The number of thiazole rings is 1. The highest BCUT2D eigenvalue weighted by Gasteiger charge is 2.16. The zero-order chi connectivity index (χ0) is 16.1. The van der Waals surface area contributed by atoms with Crippen molar-refractivity contribution in [1.82, 2.24) is 25.2 Å². The van der Waals surface area contributed by atoms with E-state index in [1.54, 1.807) is 36.1 Å². The number of aromatic nitrogens is 3. The van der Waals surface area contributed by atoms with E-state index in [0.717, 1.165) is 23.0 Å². The van der Waals surface area contributed by atoms with Crippen molar-refractivity contribution >= 4 is 11.3 Å². The highest BCUT2D eigenvalue weighted by atomic mass is 32.1. The summed E-state index contributed by atoms with van der Waals surface area (Å²) in [6.45, 7) is 1.49. The van der Waals surface area contributed by atoms with E-state index in [9.17, 15) is 0 Å². The Morgan fingerprint density at radius 2 is 2.09 bits per heavy atom. The van der Waals surface area contributed by atoms with Gasteiger partial charge in [0.25, 0.3) is 0 Å². The van der Waals surface area contributed by atoms with Gasteiger partial charge in [0.05, 0.1) is 18.0 Å². The average Bonchev–Trinajstić information content (AvgIpc) is 3.24. The standard InChI is InChI=1S/C16H19N5OS/c1-21(2)13(14-5-3-8-22-14)10-17-9-12-11-23-16(20-12)15-18-6-4-7-19-15/h3-8,11,13,17H,9-10H2,1-2H3/t13-/m1/s1. The van der Waals surface area contributed by atoms with Gasteiger partial charge in [0, 0.05) is 30.9 Å². The van der Waals surface area contributed by atoms with Crippen molar-refractivity contribution in [2.24, 2.45) is 0 Å². The molecule has 0 unspecified atom stereocenters. The van der Waals surface area contributed by atoms with Crippen LogP contribution in [0.5, 0.6) is 0 Å². The number of likely N-dealkylation sites (N-methyl/N-ethyl adjacent to an activating group) is 1. The highest BCUT2D eigenvalue weighted by Crippen LogP contribution is 2.20. The third-order valence-electron chi connectivity index (χ3n) is 3.45. The molecule has 0 aliphatic heterocycles. The lowest BCUT2D eigenvalue weighted by Crippen LogP contribution is -2.30. The molecule has 3 rings (SSSR count). The van der Waals surface area contributed by atoms with Crippen molar-refractivity contribution in [3.05, 3.63) is 53.7 Å². The van der Waals surface area contributed by atoms with Crippen LogP contribution in [-0.4, -0.2) is 40.5 Å². The molecule has 0 aliphatic carbocycles. The second-order valence-corrected chi connectivity index (χ2v) is 6.20. The van der Waals surface area contributed by atoms with E-state index in [1.807, 2.05) is 31.6 Å². The summed E-state index contributed by atoms with van der Waals surface area (Å²) >= 11 is 1.56. The molecule has 6 nitrogen and oxygen atoms in total. The second-order valence-electron chi connectivity index (χ2n) is 5.34. The number of rotatable bonds is 7. The van der Waals surface area contributed by atoms with E-state index in [4.69, 9.17) is 4.42 Å². The minimum atomic E-state index is 0.195. The molecule has 3 heterocycles. The lowest BCUT2D eigenvalue weighted by molar-refractivity contribution is 0.250. The first kappa shape index (κ1) is 15.8. The number of hydrogen-bond donors (Lipinski definition) is 1. The maximum atomic E-state index is 5.51. The summed E-state index contributed by atoms with van der Waals surface area (Å²) < 4.78 is 5.51. The molecule has 0 bridgehead atoms. The molecule has 0 aliphatic rings. The van der Waals surface area contributed by atoms with Crippen LogP contribution in [-0.2, 0) is 6.54 Å². The molecule has 3 aromatic rings. The predicted octanol–water partition coefficient (Wildman–Crippen LogP) is 2.59. The average molecular weight is 329 g/mol. The van der Waals surface area contributed by atoms with Crippen molar-refractivity contribution in [2.75, 3.05) is 20.6 Å². The molecule has 1 atom stereocenters. The van der Waals surface area contributed by atoms with Crippen LogP contribution in [0.4, 0.5) is 0 Å². The molecular formula is C16H19N5OS. The maximum Gasteiger partial charge on any atom is 0.188 e. The van der Waals surface area contributed by atoms with Gasteiger partial charge in [-0.05, 0) is 32.3 Å². The highest BCUT2D eigenvalue weighted by molar-refractivity contribution is 7.13. The Hall–Kier alpha value is -2.09. The van der Waals surface area contributed by atoms with Crippen LogP contribution in [0, 0.1) is 0 Å². The third kappa shape index (κ3) is 4.01. The van der Waals surface area contributed by atoms with Crippen molar-refractivity contribution in [1.29, 1.82) is 0 Å². The van der Waals surface area contributed by atoms with Gasteiger partial charge in [-0.2, -0.15) is 0 Å². The summed E-state index contributed by atoms with van der Waals surface area (Å²) in [5.41, 5.74) is 0.995. The molecular weight excluding hydrogens is 310 g/mol. The third-order valence-corrected chi connectivity index (χ3v) is 4.33. The summed E-state index contributed by atoms with van der Waals surface area (Å²) in [7, 11) is 4.09. The van der Waals surface area contributed by atoms with Gasteiger partial charge < -0.3 is 9.73 Å². The van der Waals surface area contributed by atoms with Crippen molar-refractivity contribution in [3.63, 3.8) is 0 Å². The molecule has 0 saturated heterocycles. The Morgan fingerprint density at radius 1 is 1.26 bits per heavy atom. The maximum absolute atomic E-state index is 5.51. The van der Waals surface area contributed by atoms with Gasteiger partial charge in [-0.1, -0.05) is 0 Å². The normalized spacial score (nSPS) is 12.7. The summed E-state index contributed by atoms with van der Waals surface area (Å²) in [6.07, 6.45) is 5.16. The topological polar surface area (TPSA) is 67.1 Å². The zero-order valence-corrected chi connectivity index (χ0v) is 14.0. The Balaban J connectivity index is 1.57. The van der Waals surface area contributed by atoms with Gasteiger partial charge in [0.2, 0.25) is 0 Å². The van der Waals surface area contributed by atoms with E-state index < -0.39 is 0 Å². The molecule has 0 saturated carbocycles. The van der Waals surface area contributed by atoms with Crippen LogP contribution in [0.25, 0.3) is 10.8 Å². The van der Waals surface area contributed by atoms with E-state index in [0.29, 0.717) is 12.4 Å². The molecule has 0 amide bonds. The summed E-state index contributed by atoms with van der Waals surface area (Å²) in [4.78, 5) is 15.2. The smallest absolute Gasteiger partial charge is 0.188 e. The molecule has 0 spiro atoms. The summed E-state index contributed by atoms with van der Waals surface area (Å²) in [5, 5.41) is 6.32. The fourth-order valence-electron chi connectivity index (χ4n) is 2.26. The summed E-state index contributed by atoms with van der Waals surface area (Å²) in [6, 6.07) is 5.91. The Kier molecular flexibility index (Phi) is 5.12. The van der Waals surface area contributed by atoms with Crippen LogP contribution in [0.3, 0.4) is 0 Å². The molecule has 0 fully saturated rings. The van der Waals surface area contributed by atoms with Crippen LogP contribution >= 0.6 is 11.3 Å². The first-order chi connectivity index (χ1) is 11.2. The van der Waals surface area contributed by atoms with Gasteiger partial charge in [0.1, 0.15) is 5.76 Å². The van der Waals surface area contributed by atoms with Crippen LogP contribution in [0.2, 0.25) is 0 Å². The van der Waals surface area contributed by atoms with Gasteiger partial charge in [-0.25, -0.2) is 15.0 Å². The van der Waals surface area contributed by atoms with Crippen LogP contribution in [0.1, 0.15) is 17.5 Å². The first-order valence-corrected chi connectivity index (χ1v) is 8.24. The fraction of sp³-hybridized carbons (Fsp3) is 0.312. The number of nitrogens with one attached hydrogen (secondary N) is 1. The molecule has 3 aromatic heterocycles. The monoisotopic (exact) mass is 329 g/mol. The van der Waals surface area contributed by atoms with Crippen LogP contribution in [0.15, 0.2) is 46.7 Å². The molecule has 1 N–H and O–H groups in total. The van der Waals surface area contributed by atoms with Gasteiger partial charge in [0.15, 0.2) is 10.8 Å².